The smallest absolute Gasteiger partial charge is 0.275 e. The lowest BCUT2D eigenvalue weighted by Gasteiger charge is -2.36. The normalized spacial score (nSPS) is 17.6. The van der Waals surface area contributed by atoms with Crippen LogP contribution in [-0.2, 0) is 17.6 Å². The van der Waals surface area contributed by atoms with Crippen molar-refractivity contribution in [1.82, 2.24) is 0 Å². The molecule has 0 aliphatic carbocycles. The molecular weight excluding hydrogens is 392 g/mol. The Hall–Kier alpha value is -2.73. The molecule has 3 rings (SSSR count). The van der Waals surface area contributed by atoms with Gasteiger partial charge < -0.3 is 10.0 Å². The number of aryl methyl sites for hydroxylation is 1. The second-order valence-corrected chi connectivity index (χ2v) is 8.30. The summed E-state index contributed by atoms with van der Waals surface area (Å²) in [4.78, 5) is 26.2. The van der Waals surface area contributed by atoms with Gasteiger partial charge in [-0.15, -0.1) is 0 Å². The third-order valence-electron chi connectivity index (χ3n) is 6.15. The molecule has 2 atom stereocenters. The van der Waals surface area contributed by atoms with Gasteiger partial charge in [0.15, 0.2) is 0 Å². The molecule has 2 aromatic carbocycles. The maximum atomic E-state index is 12.9. The number of anilines is 1. The van der Waals surface area contributed by atoms with Crippen LogP contribution in [0.15, 0.2) is 42.5 Å². The predicted molar refractivity (Wildman–Crippen MR) is 122 cm³/mol. The lowest BCUT2D eigenvalue weighted by atomic mass is 9.92. The van der Waals surface area contributed by atoms with Gasteiger partial charge in [0.05, 0.1) is 11.0 Å². The first-order valence-corrected chi connectivity index (χ1v) is 11.3. The molecule has 0 spiro atoms. The summed E-state index contributed by atoms with van der Waals surface area (Å²) in [5, 5.41) is 22.3. The third kappa shape index (κ3) is 5.31. The van der Waals surface area contributed by atoms with E-state index in [4.69, 9.17) is 0 Å². The maximum Gasteiger partial charge on any atom is 0.275 e. The highest BCUT2D eigenvalue weighted by atomic mass is 16.6. The molecule has 1 N–H and O–H groups in total. The van der Waals surface area contributed by atoms with E-state index in [0.717, 1.165) is 42.5 Å². The lowest BCUT2D eigenvalue weighted by Crippen LogP contribution is -2.45. The number of nitro benzene ring substituents is 1. The molecule has 0 saturated carbocycles. The van der Waals surface area contributed by atoms with E-state index in [2.05, 4.69) is 6.92 Å². The van der Waals surface area contributed by atoms with Crippen molar-refractivity contribution in [2.24, 2.45) is 0 Å². The fourth-order valence-corrected chi connectivity index (χ4v) is 4.52. The Balaban J connectivity index is 1.92. The number of amides is 1. The number of nitro groups is 1. The first kappa shape index (κ1) is 22.9. The maximum absolute atomic E-state index is 12.9. The summed E-state index contributed by atoms with van der Waals surface area (Å²) in [6, 6.07) is 12.9. The largest absolute Gasteiger partial charge is 0.388 e. The highest BCUT2D eigenvalue weighted by Gasteiger charge is 2.32. The van der Waals surface area contributed by atoms with E-state index >= 15 is 0 Å². The number of hydrogen-bond acceptors (Lipinski definition) is 4. The fourth-order valence-electron chi connectivity index (χ4n) is 4.52. The molecular formula is C25H32N2O4. The SMILES string of the molecule is CCCCC(O)c1cccc(N2C(=O)CCCC2Cc2cccc(CC)c2[N+](=O)[O-])c1. The van der Waals surface area contributed by atoms with Gasteiger partial charge in [0.25, 0.3) is 5.69 Å². The van der Waals surface area contributed by atoms with Crippen LogP contribution >= 0.6 is 0 Å². The van der Waals surface area contributed by atoms with E-state index in [1.807, 2.05) is 37.3 Å². The van der Waals surface area contributed by atoms with Gasteiger partial charge in [0, 0.05) is 35.7 Å². The number of para-hydroxylation sites is 1. The van der Waals surface area contributed by atoms with E-state index in [-0.39, 0.29) is 22.6 Å². The molecule has 1 saturated heterocycles. The predicted octanol–water partition coefficient (Wildman–Crippen LogP) is 5.51. The minimum absolute atomic E-state index is 0.0331. The average Bonchev–Trinajstić information content (AvgIpc) is 2.77. The van der Waals surface area contributed by atoms with Gasteiger partial charge in [-0.25, -0.2) is 0 Å². The minimum Gasteiger partial charge on any atom is -0.388 e. The van der Waals surface area contributed by atoms with Crippen LogP contribution in [0.25, 0.3) is 0 Å². The fraction of sp³-hybridized carbons (Fsp3) is 0.480. The topological polar surface area (TPSA) is 83.7 Å². The number of piperidine rings is 1. The number of carbonyl (C=O) groups excluding carboxylic acids is 1. The van der Waals surface area contributed by atoms with Crippen LogP contribution < -0.4 is 4.90 Å². The van der Waals surface area contributed by atoms with Crippen LogP contribution in [0.5, 0.6) is 0 Å². The number of aliphatic hydroxyl groups excluding tert-OH is 1. The van der Waals surface area contributed by atoms with Gasteiger partial charge in [-0.1, -0.05) is 57.0 Å². The van der Waals surface area contributed by atoms with Crippen LogP contribution in [0.3, 0.4) is 0 Å². The first-order valence-electron chi connectivity index (χ1n) is 11.3. The second kappa shape index (κ2) is 10.5. The highest BCUT2D eigenvalue weighted by Crippen LogP contribution is 2.33. The van der Waals surface area contributed by atoms with Gasteiger partial charge in [-0.2, -0.15) is 0 Å². The monoisotopic (exact) mass is 424 g/mol. The van der Waals surface area contributed by atoms with Crippen LogP contribution in [0, 0.1) is 10.1 Å². The number of nitrogens with zero attached hydrogens (tertiary/aromatic N) is 2. The Morgan fingerprint density at radius 1 is 1.19 bits per heavy atom. The van der Waals surface area contributed by atoms with Gasteiger partial charge in [-0.3, -0.25) is 14.9 Å². The molecule has 1 fully saturated rings. The zero-order valence-corrected chi connectivity index (χ0v) is 18.4. The zero-order valence-electron chi connectivity index (χ0n) is 18.4. The average molecular weight is 425 g/mol. The molecule has 1 aliphatic rings. The molecule has 2 aromatic rings. The molecule has 0 aromatic heterocycles. The summed E-state index contributed by atoms with van der Waals surface area (Å²) < 4.78 is 0. The summed E-state index contributed by atoms with van der Waals surface area (Å²) in [5.74, 6) is 0.0331. The van der Waals surface area contributed by atoms with Gasteiger partial charge >= 0.3 is 0 Å². The molecule has 166 valence electrons. The van der Waals surface area contributed by atoms with Crippen molar-refractivity contribution < 1.29 is 14.8 Å². The molecule has 1 aliphatic heterocycles. The van der Waals surface area contributed by atoms with E-state index in [0.29, 0.717) is 31.2 Å². The molecule has 2 unspecified atom stereocenters. The number of aliphatic hydroxyl groups is 1. The van der Waals surface area contributed by atoms with Crippen molar-refractivity contribution in [3.05, 3.63) is 69.3 Å². The quantitative estimate of drug-likeness (QED) is 0.425. The number of carbonyl (C=O) groups is 1. The van der Waals surface area contributed by atoms with E-state index in [9.17, 15) is 20.0 Å². The van der Waals surface area contributed by atoms with Crippen LogP contribution in [-0.4, -0.2) is 22.0 Å². The summed E-state index contributed by atoms with van der Waals surface area (Å²) in [7, 11) is 0. The first-order chi connectivity index (χ1) is 15.0. The van der Waals surface area contributed by atoms with Gasteiger partial charge in [0.1, 0.15) is 0 Å². The highest BCUT2D eigenvalue weighted by molar-refractivity contribution is 5.94. The van der Waals surface area contributed by atoms with Gasteiger partial charge in [0.2, 0.25) is 5.91 Å². The van der Waals surface area contributed by atoms with Crippen LogP contribution in [0.1, 0.15) is 75.2 Å². The van der Waals surface area contributed by atoms with Crippen molar-refractivity contribution in [2.45, 2.75) is 77.4 Å². The molecule has 31 heavy (non-hydrogen) atoms. The summed E-state index contributed by atoms with van der Waals surface area (Å²) in [6.07, 6.45) is 5.16. The molecule has 1 heterocycles. The van der Waals surface area contributed by atoms with E-state index in [1.54, 1.807) is 17.0 Å². The van der Waals surface area contributed by atoms with Crippen LogP contribution in [0.4, 0.5) is 11.4 Å². The van der Waals surface area contributed by atoms with E-state index in [1.165, 1.54) is 0 Å². The Kier molecular flexibility index (Phi) is 7.80. The Bertz CT molecular complexity index is 927. The van der Waals surface area contributed by atoms with Crippen molar-refractivity contribution in [3.8, 4) is 0 Å². The number of unbranched alkanes of at least 4 members (excludes halogenated alkanes) is 1. The lowest BCUT2D eigenvalue weighted by molar-refractivity contribution is -0.386. The zero-order chi connectivity index (χ0) is 22.4. The molecule has 1 amide bonds. The third-order valence-corrected chi connectivity index (χ3v) is 6.15. The van der Waals surface area contributed by atoms with Crippen molar-refractivity contribution >= 4 is 17.3 Å². The Morgan fingerprint density at radius 2 is 1.94 bits per heavy atom. The molecule has 0 bridgehead atoms. The number of rotatable bonds is 9. The van der Waals surface area contributed by atoms with E-state index < -0.39 is 6.10 Å². The number of benzene rings is 2. The van der Waals surface area contributed by atoms with Gasteiger partial charge in [-0.05, 0) is 43.4 Å². The van der Waals surface area contributed by atoms with Crippen molar-refractivity contribution in [2.75, 3.05) is 4.90 Å². The Morgan fingerprint density at radius 3 is 2.65 bits per heavy atom. The summed E-state index contributed by atoms with van der Waals surface area (Å²) >= 11 is 0. The van der Waals surface area contributed by atoms with Crippen molar-refractivity contribution in [1.29, 1.82) is 0 Å². The standard InChI is InChI=1S/C25H32N2O4/c1-3-5-14-23(28)19-10-7-12-21(16-19)26-22(13-8-15-24(26)29)17-20-11-6-9-18(4-2)25(20)27(30)31/h6-7,9-12,16,22-23,28H,3-5,8,13-15,17H2,1-2H3. The second-order valence-electron chi connectivity index (χ2n) is 8.30. The molecule has 6 nitrogen and oxygen atoms in total. The van der Waals surface area contributed by atoms with Crippen LogP contribution in [0.2, 0.25) is 0 Å². The number of hydrogen-bond donors (Lipinski definition) is 1. The Labute approximate surface area is 184 Å². The minimum atomic E-state index is -0.555. The summed E-state index contributed by atoms with van der Waals surface area (Å²) in [5.41, 5.74) is 3.14. The molecule has 6 heteroatoms. The van der Waals surface area contributed by atoms with Crippen molar-refractivity contribution in [3.63, 3.8) is 0 Å². The molecule has 0 radical (unpaired) electrons. The summed E-state index contributed by atoms with van der Waals surface area (Å²) in [6.45, 7) is 4.00.